The van der Waals surface area contributed by atoms with E-state index in [4.69, 9.17) is 9.05 Å². The van der Waals surface area contributed by atoms with Crippen LogP contribution >= 0.6 is 7.60 Å². The molecule has 0 aliphatic rings. The lowest BCUT2D eigenvalue weighted by Crippen LogP contribution is -2.12. The van der Waals surface area contributed by atoms with Crippen molar-refractivity contribution in [1.29, 1.82) is 0 Å². The predicted molar refractivity (Wildman–Crippen MR) is 139 cm³/mol. The van der Waals surface area contributed by atoms with Crippen LogP contribution in [-0.2, 0) is 15.7 Å². The van der Waals surface area contributed by atoms with E-state index in [0.29, 0.717) is 11.1 Å². The second-order valence-electron chi connectivity index (χ2n) is 8.23. The van der Waals surface area contributed by atoms with E-state index in [0.717, 1.165) is 38.8 Å². The Bertz CT molecular complexity index is 1630. The van der Waals surface area contributed by atoms with Gasteiger partial charge in [0.2, 0.25) is 0 Å². The molecule has 6 nitrogen and oxygen atoms in total. The smallest absolute Gasteiger partial charge is 0.411 e. The molecule has 0 fully saturated rings. The van der Waals surface area contributed by atoms with E-state index in [1.165, 1.54) is 0 Å². The molecule has 7 heteroatoms. The molecule has 1 atom stereocenters. The van der Waals surface area contributed by atoms with Crippen LogP contribution in [0.5, 0.6) is 5.75 Å². The van der Waals surface area contributed by atoms with Crippen molar-refractivity contribution in [3.8, 4) is 17.1 Å². The fourth-order valence-electron chi connectivity index (χ4n) is 4.09. The molecule has 2 heterocycles. The minimum atomic E-state index is -3.67. The van der Waals surface area contributed by atoms with Crippen molar-refractivity contribution in [2.75, 3.05) is 0 Å². The molecule has 0 aliphatic heterocycles. The van der Waals surface area contributed by atoms with Gasteiger partial charge in [0.1, 0.15) is 11.4 Å². The average Bonchev–Trinajstić information content (AvgIpc) is 3.52. The van der Waals surface area contributed by atoms with Gasteiger partial charge < -0.3 is 9.51 Å². The summed E-state index contributed by atoms with van der Waals surface area (Å²) in [4.78, 5) is 3.42. The van der Waals surface area contributed by atoms with Crippen LogP contribution in [0.2, 0.25) is 0 Å². The van der Waals surface area contributed by atoms with Crippen molar-refractivity contribution in [2.24, 2.45) is 0 Å². The van der Waals surface area contributed by atoms with E-state index < -0.39 is 7.60 Å². The van der Waals surface area contributed by atoms with Crippen LogP contribution in [0.4, 0.5) is 0 Å². The molecule has 0 spiro atoms. The molecule has 0 aliphatic carbocycles. The summed E-state index contributed by atoms with van der Waals surface area (Å²) in [6, 6.07) is 34.3. The summed E-state index contributed by atoms with van der Waals surface area (Å²) in [6.45, 7) is 0.168. The Hall–Kier alpha value is -4.12. The highest BCUT2D eigenvalue weighted by Crippen LogP contribution is 2.48. The Morgan fingerprint density at radius 3 is 2.31 bits per heavy atom. The third-order valence-electron chi connectivity index (χ3n) is 5.86. The summed E-state index contributed by atoms with van der Waals surface area (Å²) in [6.07, 6.45) is 0. The van der Waals surface area contributed by atoms with E-state index in [1.807, 2.05) is 78.9 Å². The van der Waals surface area contributed by atoms with Gasteiger partial charge in [0.05, 0.1) is 23.1 Å². The zero-order valence-electron chi connectivity index (χ0n) is 18.7. The molecule has 6 aromatic rings. The van der Waals surface area contributed by atoms with Crippen molar-refractivity contribution >= 4 is 34.7 Å². The normalized spacial score (nSPS) is 13.1. The number of para-hydroxylation sites is 1. The highest BCUT2D eigenvalue weighted by molar-refractivity contribution is 7.62. The van der Waals surface area contributed by atoms with Crippen LogP contribution in [0.3, 0.4) is 0 Å². The number of H-pyrrole nitrogens is 2. The lowest BCUT2D eigenvalue weighted by Gasteiger charge is -2.20. The lowest BCUT2D eigenvalue weighted by atomic mass is 10.1. The second-order valence-corrected chi connectivity index (χ2v) is 10.2. The fraction of sp³-hybridized carbons (Fsp3) is 0.0357. The number of hydrogen-bond donors (Lipinski definition) is 2. The molecular formula is C28H22N3O3P. The quantitative estimate of drug-likeness (QED) is 0.246. The third-order valence-corrected chi connectivity index (χ3v) is 7.71. The highest BCUT2D eigenvalue weighted by atomic mass is 31.2. The van der Waals surface area contributed by atoms with Gasteiger partial charge in [-0.05, 0) is 48.0 Å². The Labute approximate surface area is 202 Å². The van der Waals surface area contributed by atoms with Gasteiger partial charge in [-0.25, -0.2) is 4.57 Å². The molecule has 1 unspecified atom stereocenters. The Morgan fingerprint density at radius 2 is 1.51 bits per heavy atom. The topological polar surface area (TPSA) is 80.0 Å². The van der Waals surface area contributed by atoms with Gasteiger partial charge in [0.15, 0.2) is 0 Å². The minimum absolute atomic E-state index is 0.168. The number of fused-ring (bicyclic) bond motifs is 2. The van der Waals surface area contributed by atoms with Crippen molar-refractivity contribution < 1.29 is 13.6 Å². The summed E-state index contributed by atoms with van der Waals surface area (Å²) in [5.41, 5.74) is 4.46. The monoisotopic (exact) mass is 479 g/mol. The molecule has 0 saturated heterocycles. The maximum Gasteiger partial charge on any atom is 0.411 e. The van der Waals surface area contributed by atoms with Crippen molar-refractivity contribution in [3.05, 3.63) is 115 Å². The maximum absolute atomic E-state index is 14.0. The number of benzene rings is 4. The van der Waals surface area contributed by atoms with Gasteiger partial charge in [-0.1, -0.05) is 66.7 Å². The molecule has 2 N–H and O–H groups in total. The fourth-order valence-corrected chi connectivity index (χ4v) is 5.65. The molecule has 35 heavy (non-hydrogen) atoms. The number of nitrogens with zero attached hydrogens (tertiary/aromatic N) is 1. The first kappa shape index (κ1) is 21.4. The zero-order valence-corrected chi connectivity index (χ0v) is 19.6. The first-order chi connectivity index (χ1) is 17.2. The molecule has 2 aromatic heterocycles. The molecule has 4 aromatic carbocycles. The zero-order chi connectivity index (χ0) is 23.7. The Balaban J connectivity index is 1.36. The molecule has 172 valence electrons. The van der Waals surface area contributed by atoms with E-state index in [1.54, 1.807) is 18.2 Å². The van der Waals surface area contributed by atoms with Gasteiger partial charge in [0.25, 0.3) is 0 Å². The summed E-state index contributed by atoms with van der Waals surface area (Å²) in [5, 5.41) is 10.1. The molecule has 0 saturated carbocycles. The van der Waals surface area contributed by atoms with E-state index in [-0.39, 0.29) is 6.61 Å². The van der Waals surface area contributed by atoms with Gasteiger partial charge in [0, 0.05) is 16.3 Å². The van der Waals surface area contributed by atoms with Crippen molar-refractivity contribution in [3.63, 3.8) is 0 Å². The SMILES string of the molecule is O=P(OCc1ccccc1)(Oc1ccc2[nH]nc(-c3cc4ccccc4[nH]3)c2c1)c1ccccc1. The summed E-state index contributed by atoms with van der Waals surface area (Å²) >= 11 is 0. The first-order valence-corrected chi connectivity index (χ1v) is 12.8. The molecule has 0 radical (unpaired) electrons. The molecule has 6 rings (SSSR count). The summed E-state index contributed by atoms with van der Waals surface area (Å²) in [5.74, 6) is 0.441. The van der Waals surface area contributed by atoms with Crippen LogP contribution in [0.1, 0.15) is 5.56 Å². The van der Waals surface area contributed by atoms with Crippen molar-refractivity contribution in [1.82, 2.24) is 15.2 Å². The highest BCUT2D eigenvalue weighted by Gasteiger charge is 2.30. The summed E-state index contributed by atoms with van der Waals surface area (Å²) in [7, 11) is -3.67. The predicted octanol–water partition coefficient (Wildman–Crippen LogP) is 6.83. The Kier molecular flexibility index (Phi) is 5.45. The lowest BCUT2D eigenvalue weighted by molar-refractivity contribution is 0.264. The largest absolute Gasteiger partial charge is 0.421 e. The number of rotatable bonds is 7. The molecule has 0 bridgehead atoms. The van der Waals surface area contributed by atoms with E-state index >= 15 is 0 Å². The van der Waals surface area contributed by atoms with Crippen molar-refractivity contribution in [2.45, 2.75) is 6.61 Å². The number of aromatic amines is 2. The number of hydrogen-bond acceptors (Lipinski definition) is 4. The van der Waals surface area contributed by atoms with Gasteiger partial charge >= 0.3 is 7.60 Å². The Morgan fingerprint density at radius 1 is 0.771 bits per heavy atom. The number of aromatic nitrogens is 3. The van der Waals surface area contributed by atoms with Crippen LogP contribution in [0.25, 0.3) is 33.2 Å². The van der Waals surface area contributed by atoms with E-state index in [2.05, 4.69) is 27.3 Å². The van der Waals surface area contributed by atoms with Crippen LogP contribution in [-0.4, -0.2) is 15.2 Å². The molecular weight excluding hydrogens is 457 g/mol. The van der Waals surface area contributed by atoms with Gasteiger partial charge in [-0.2, -0.15) is 5.10 Å². The van der Waals surface area contributed by atoms with Gasteiger partial charge in [-0.15, -0.1) is 0 Å². The van der Waals surface area contributed by atoms with Crippen LogP contribution < -0.4 is 9.83 Å². The van der Waals surface area contributed by atoms with Gasteiger partial charge in [-0.3, -0.25) is 9.62 Å². The standard InChI is InChI=1S/C28H22N3O3P/c32-35(23-12-5-2-6-13-23,33-19-20-9-3-1-4-10-20)34-22-15-16-26-24(18-22)28(31-30-26)27-17-21-11-7-8-14-25(21)29-27/h1-18,29H,19H2,(H,30,31). The average molecular weight is 479 g/mol. The van der Waals surface area contributed by atoms with Crippen LogP contribution in [0.15, 0.2) is 109 Å². The molecule has 0 amide bonds. The van der Waals surface area contributed by atoms with E-state index in [9.17, 15) is 4.57 Å². The van der Waals surface area contributed by atoms with Crippen LogP contribution in [0, 0.1) is 0 Å². The number of nitrogens with one attached hydrogen (secondary N) is 2. The summed E-state index contributed by atoms with van der Waals surface area (Å²) < 4.78 is 26.1. The minimum Gasteiger partial charge on any atom is -0.421 e. The second kappa shape index (κ2) is 8.91. The first-order valence-electron chi connectivity index (χ1n) is 11.3. The third kappa shape index (κ3) is 4.26. The maximum atomic E-state index is 14.0.